The van der Waals surface area contributed by atoms with Crippen LogP contribution in [-0.2, 0) is 17.0 Å². The van der Waals surface area contributed by atoms with Crippen molar-refractivity contribution < 1.29 is 4.79 Å². The number of nitrogens with zero attached hydrogens (tertiary/aromatic N) is 2. The van der Waals surface area contributed by atoms with Gasteiger partial charge in [-0.3, -0.25) is 14.7 Å². The predicted molar refractivity (Wildman–Crippen MR) is 122 cm³/mol. The molecule has 3 nitrogen and oxygen atoms in total. The zero-order valence-electron chi connectivity index (χ0n) is 16.5. The van der Waals surface area contributed by atoms with Crippen molar-refractivity contribution in [2.24, 2.45) is 4.99 Å². The first-order valence-corrected chi connectivity index (χ1v) is 10.8. The van der Waals surface area contributed by atoms with Gasteiger partial charge in [0.15, 0.2) is 5.17 Å². The molecule has 0 unspecified atom stereocenters. The van der Waals surface area contributed by atoms with Crippen molar-refractivity contribution in [3.63, 3.8) is 0 Å². The molecule has 0 bridgehead atoms. The van der Waals surface area contributed by atoms with Crippen molar-refractivity contribution in [1.82, 2.24) is 4.90 Å². The van der Waals surface area contributed by atoms with Gasteiger partial charge in [0.1, 0.15) is 0 Å². The van der Waals surface area contributed by atoms with Gasteiger partial charge in [-0.1, -0.05) is 96.2 Å². The molecule has 0 fully saturated rings. The third-order valence-electron chi connectivity index (χ3n) is 5.01. The Morgan fingerprint density at radius 2 is 1.55 bits per heavy atom. The molecule has 0 atom stereocenters. The topological polar surface area (TPSA) is 32.7 Å². The van der Waals surface area contributed by atoms with Crippen LogP contribution >= 0.6 is 11.8 Å². The molecule has 1 aliphatic heterocycles. The maximum absolute atomic E-state index is 12.9. The van der Waals surface area contributed by atoms with Gasteiger partial charge in [-0.15, -0.1) is 0 Å². The summed E-state index contributed by atoms with van der Waals surface area (Å²) in [7, 11) is 0. The van der Waals surface area contributed by atoms with E-state index < -0.39 is 0 Å². The molecule has 3 aromatic carbocycles. The first-order valence-electron chi connectivity index (χ1n) is 9.86. The highest BCUT2D eigenvalue weighted by Gasteiger charge is 2.24. The average molecular weight is 401 g/mol. The first kappa shape index (κ1) is 19.5. The van der Waals surface area contributed by atoms with Crippen molar-refractivity contribution in [3.05, 3.63) is 95.6 Å². The van der Waals surface area contributed by atoms with Gasteiger partial charge < -0.3 is 0 Å². The summed E-state index contributed by atoms with van der Waals surface area (Å²) in [4.78, 5) is 19.3. The summed E-state index contributed by atoms with van der Waals surface area (Å²) in [5.41, 5.74) is 5.89. The molecule has 1 aliphatic rings. The van der Waals surface area contributed by atoms with Crippen molar-refractivity contribution in [3.8, 4) is 11.1 Å². The fourth-order valence-electron chi connectivity index (χ4n) is 3.33. The van der Waals surface area contributed by atoms with E-state index in [1.807, 2.05) is 35.2 Å². The van der Waals surface area contributed by atoms with Gasteiger partial charge in [-0.25, -0.2) is 0 Å². The summed E-state index contributed by atoms with van der Waals surface area (Å²) < 4.78 is 0. The van der Waals surface area contributed by atoms with E-state index in [0.29, 0.717) is 19.5 Å². The molecule has 0 saturated carbocycles. The van der Waals surface area contributed by atoms with Crippen LogP contribution in [0.15, 0.2) is 83.9 Å². The molecule has 146 valence electrons. The molecule has 3 aromatic rings. The third-order valence-corrected chi connectivity index (χ3v) is 6.09. The maximum atomic E-state index is 12.9. The van der Waals surface area contributed by atoms with Gasteiger partial charge in [0, 0.05) is 12.3 Å². The zero-order chi connectivity index (χ0) is 20.1. The molecule has 4 rings (SSSR count). The molecule has 29 heavy (non-hydrogen) atoms. The Balaban J connectivity index is 1.36. The Bertz CT molecular complexity index is 995. The number of aliphatic imine (C=N–C) groups is 1. The van der Waals surface area contributed by atoms with Crippen molar-refractivity contribution in [2.45, 2.75) is 19.1 Å². The summed E-state index contributed by atoms with van der Waals surface area (Å²) >= 11 is 1.64. The van der Waals surface area contributed by atoms with Gasteiger partial charge >= 0.3 is 0 Å². The number of amidine groups is 1. The van der Waals surface area contributed by atoms with Gasteiger partial charge in [0.25, 0.3) is 0 Å². The molecule has 0 aliphatic carbocycles. The van der Waals surface area contributed by atoms with Crippen LogP contribution < -0.4 is 0 Å². The molecule has 1 amide bonds. The van der Waals surface area contributed by atoms with E-state index in [1.165, 1.54) is 22.3 Å². The lowest BCUT2D eigenvalue weighted by Gasteiger charge is -2.18. The molecule has 0 saturated heterocycles. The van der Waals surface area contributed by atoms with Crippen molar-refractivity contribution >= 4 is 22.8 Å². The van der Waals surface area contributed by atoms with Crippen LogP contribution in [0.25, 0.3) is 11.1 Å². The minimum Gasteiger partial charge on any atom is -0.289 e. The number of rotatable bonds is 5. The van der Waals surface area contributed by atoms with E-state index >= 15 is 0 Å². The van der Waals surface area contributed by atoms with E-state index in [1.54, 1.807) is 11.8 Å². The summed E-state index contributed by atoms with van der Waals surface area (Å²) in [6.45, 7) is 3.46. The molecule has 0 aromatic heterocycles. The Kier molecular flexibility index (Phi) is 6.11. The number of hydrogen-bond acceptors (Lipinski definition) is 3. The summed E-state index contributed by atoms with van der Waals surface area (Å²) in [5, 5.41) is 0.844. The lowest BCUT2D eigenvalue weighted by molar-refractivity contribution is -0.126. The second-order valence-corrected chi connectivity index (χ2v) is 8.17. The lowest BCUT2D eigenvalue weighted by atomic mass is 10.0. The smallest absolute Gasteiger partial charge is 0.233 e. The fourth-order valence-corrected chi connectivity index (χ4v) is 4.35. The Hall–Kier alpha value is -2.85. The minimum atomic E-state index is 0.116. The number of benzene rings is 3. The SMILES string of the molecule is Cc1ccc(CSC2=NCCN2C(=O)Cc2ccc(-c3ccccc3)cc2)cc1. The largest absolute Gasteiger partial charge is 0.289 e. The summed E-state index contributed by atoms with van der Waals surface area (Å²) in [5.74, 6) is 0.944. The highest BCUT2D eigenvalue weighted by atomic mass is 32.2. The van der Waals surface area contributed by atoms with Gasteiger partial charge in [0.05, 0.1) is 13.0 Å². The van der Waals surface area contributed by atoms with Crippen molar-refractivity contribution in [1.29, 1.82) is 0 Å². The zero-order valence-corrected chi connectivity index (χ0v) is 17.4. The van der Waals surface area contributed by atoms with Crippen LogP contribution in [0, 0.1) is 6.92 Å². The van der Waals surface area contributed by atoms with Crippen LogP contribution in [0.1, 0.15) is 16.7 Å². The second kappa shape index (κ2) is 9.10. The van der Waals surface area contributed by atoms with Crippen molar-refractivity contribution in [2.75, 3.05) is 13.1 Å². The van der Waals surface area contributed by atoms with E-state index in [0.717, 1.165) is 16.5 Å². The fraction of sp³-hybridized carbons (Fsp3) is 0.200. The van der Waals surface area contributed by atoms with Crippen LogP contribution in [0.5, 0.6) is 0 Å². The third kappa shape index (κ3) is 4.96. The van der Waals surface area contributed by atoms with E-state index in [9.17, 15) is 4.79 Å². The van der Waals surface area contributed by atoms with E-state index in [4.69, 9.17) is 0 Å². The lowest BCUT2D eigenvalue weighted by Crippen LogP contribution is -2.34. The molecular weight excluding hydrogens is 376 g/mol. The molecular formula is C25H24N2OS. The maximum Gasteiger partial charge on any atom is 0.233 e. The number of carbonyl (C=O) groups is 1. The van der Waals surface area contributed by atoms with Gasteiger partial charge in [0.2, 0.25) is 5.91 Å². The standard InChI is InChI=1S/C25H24N2OS/c1-19-7-9-21(10-8-19)18-29-25-26-15-16-27(25)24(28)17-20-11-13-23(14-12-20)22-5-3-2-4-6-22/h2-14H,15-18H2,1H3. The Morgan fingerprint density at radius 3 is 2.28 bits per heavy atom. The number of aryl methyl sites for hydroxylation is 1. The van der Waals surface area contributed by atoms with Gasteiger partial charge in [-0.2, -0.15) is 0 Å². The van der Waals surface area contributed by atoms with E-state index in [2.05, 4.69) is 60.4 Å². The van der Waals surface area contributed by atoms with E-state index in [-0.39, 0.29) is 5.91 Å². The van der Waals surface area contributed by atoms with Crippen LogP contribution in [-0.4, -0.2) is 29.1 Å². The summed E-state index contributed by atoms with van der Waals surface area (Å²) in [6.07, 6.45) is 0.402. The predicted octanol–water partition coefficient (Wildman–Crippen LogP) is 5.34. The molecule has 0 spiro atoms. The number of hydrogen-bond donors (Lipinski definition) is 0. The quantitative estimate of drug-likeness (QED) is 0.579. The highest BCUT2D eigenvalue weighted by molar-refractivity contribution is 8.13. The van der Waals surface area contributed by atoms with Crippen LogP contribution in [0.4, 0.5) is 0 Å². The Labute approximate surface area is 176 Å². The Morgan fingerprint density at radius 1 is 0.897 bits per heavy atom. The number of carbonyl (C=O) groups excluding carboxylic acids is 1. The highest BCUT2D eigenvalue weighted by Crippen LogP contribution is 2.22. The second-order valence-electron chi connectivity index (χ2n) is 7.22. The minimum absolute atomic E-state index is 0.116. The number of amides is 1. The average Bonchev–Trinajstić information content (AvgIpc) is 3.23. The monoisotopic (exact) mass is 400 g/mol. The summed E-state index contributed by atoms with van der Waals surface area (Å²) in [6, 6.07) is 27.1. The van der Waals surface area contributed by atoms with Gasteiger partial charge in [-0.05, 0) is 29.2 Å². The molecule has 0 N–H and O–H groups in total. The van der Waals surface area contributed by atoms with Crippen LogP contribution in [0.3, 0.4) is 0 Å². The van der Waals surface area contributed by atoms with Crippen LogP contribution in [0.2, 0.25) is 0 Å². The molecule has 1 heterocycles. The normalized spacial score (nSPS) is 13.4. The molecule has 0 radical (unpaired) electrons. The molecule has 4 heteroatoms. The first-order chi connectivity index (χ1) is 14.2. The number of thioether (sulfide) groups is 1.